The summed E-state index contributed by atoms with van der Waals surface area (Å²) in [6, 6.07) is 79.9. The molecule has 0 radical (unpaired) electrons. The van der Waals surface area contributed by atoms with Crippen LogP contribution in [-0.4, -0.2) is 40.0 Å². The van der Waals surface area contributed by atoms with Crippen LogP contribution in [0.4, 0.5) is 0 Å². The molecule has 0 spiro atoms. The summed E-state index contributed by atoms with van der Waals surface area (Å²) in [7, 11) is -2.61. The summed E-state index contributed by atoms with van der Waals surface area (Å²) in [5.74, 6) is 0. The number of rotatable bonds is 8. The van der Waals surface area contributed by atoms with Crippen molar-refractivity contribution in [3.63, 3.8) is 0 Å². The van der Waals surface area contributed by atoms with Crippen molar-refractivity contribution in [1.29, 1.82) is 0 Å². The van der Waals surface area contributed by atoms with E-state index in [0.29, 0.717) is 52.4 Å². The summed E-state index contributed by atoms with van der Waals surface area (Å²) < 4.78 is 20.4. The van der Waals surface area contributed by atoms with Crippen molar-refractivity contribution in [1.82, 2.24) is 0 Å². The third-order valence-electron chi connectivity index (χ3n) is 9.29. The van der Waals surface area contributed by atoms with E-state index in [0.717, 1.165) is 0 Å². The molecule has 16 N–H and O–H groups in total. The Labute approximate surface area is 439 Å². The maximum absolute atomic E-state index is 5.35. The average molecular weight is 1040 g/mol. The normalized spacial score (nSPS) is 12.1. The second-order valence-electron chi connectivity index (χ2n) is 14.8. The molecule has 1 aliphatic heterocycles. The van der Waals surface area contributed by atoms with Gasteiger partial charge in [0.25, 0.3) is 40.0 Å². The Bertz CT molecular complexity index is 1800. The van der Waals surface area contributed by atoms with Gasteiger partial charge in [-0.1, -0.05) is 243 Å². The van der Waals surface area contributed by atoms with E-state index in [-0.39, 0.29) is 0 Å². The first-order valence-corrected chi connectivity index (χ1v) is 28.3. The van der Waals surface area contributed by atoms with Crippen molar-refractivity contribution in [2.75, 3.05) is 0 Å². The molecular formula is C56H80N8O4Si4. The van der Waals surface area contributed by atoms with Crippen LogP contribution in [0, 0.1) is 0 Å². The van der Waals surface area contributed by atoms with Crippen LogP contribution in [0.5, 0.6) is 0 Å². The molecule has 1 aliphatic rings. The number of benzene rings is 8. The zero-order valence-electron chi connectivity index (χ0n) is 41.8. The Morgan fingerprint density at radius 2 is 0.278 bits per heavy atom. The van der Waals surface area contributed by atoms with E-state index < -0.39 is 40.0 Å². The van der Waals surface area contributed by atoms with Crippen molar-refractivity contribution in [2.24, 2.45) is 45.9 Å². The van der Waals surface area contributed by atoms with Crippen LogP contribution >= 0.6 is 0 Å². The molecule has 72 heavy (non-hydrogen) atoms. The van der Waals surface area contributed by atoms with E-state index in [9.17, 15) is 0 Å². The molecule has 0 saturated carbocycles. The van der Waals surface area contributed by atoms with Gasteiger partial charge in [0.2, 0.25) is 0 Å². The highest BCUT2D eigenvalue weighted by Crippen LogP contribution is 1.99. The SMILES string of the molecule is NCc1ccccc1.NCc1ccccc1.NCc1ccccc1.NCc1ccccc1.NCc1ccccc1.NCc1ccccc1.NCc1ccccc1.NCc1ccccc1.O1[SiH2]O[SiH2]O[SiH2]O[SiH2]1. The van der Waals surface area contributed by atoms with E-state index in [2.05, 4.69) is 0 Å². The van der Waals surface area contributed by atoms with Gasteiger partial charge >= 0.3 is 0 Å². The zero-order chi connectivity index (χ0) is 52.2. The Hall–Kier alpha value is -5.85. The molecule has 16 heteroatoms. The first-order valence-electron chi connectivity index (χ1n) is 23.7. The first kappa shape index (κ1) is 64.2. The predicted molar refractivity (Wildman–Crippen MR) is 313 cm³/mol. The van der Waals surface area contributed by atoms with E-state index in [1.807, 2.05) is 243 Å². The van der Waals surface area contributed by atoms with Gasteiger partial charge in [0, 0.05) is 52.4 Å². The lowest BCUT2D eigenvalue weighted by Gasteiger charge is -2.10. The standard InChI is InChI=1S/8C7H9N.H8O4Si4/c8*8-6-7-4-2-1-3-5-7;1-5-2-7-4-8-3-6-1/h8*1-5H,6,8H2;5-8H2. The molecule has 384 valence electrons. The van der Waals surface area contributed by atoms with Gasteiger partial charge in [-0.3, -0.25) is 0 Å². The summed E-state index contributed by atoms with van der Waals surface area (Å²) in [5.41, 5.74) is 52.3. The summed E-state index contributed by atoms with van der Waals surface area (Å²) >= 11 is 0. The Kier molecular flexibility index (Phi) is 43.5. The summed E-state index contributed by atoms with van der Waals surface area (Å²) in [5, 5.41) is 0. The van der Waals surface area contributed by atoms with Crippen LogP contribution < -0.4 is 45.9 Å². The minimum Gasteiger partial charge on any atom is -0.425 e. The fourth-order valence-electron chi connectivity index (χ4n) is 5.28. The van der Waals surface area contributed by atoms with Gasteiger partial charge in [0.1, 0.15) is 0 Å². The molecule has 1 fully saturated rings. The monoisotopic (exact) mass is 1040 g/mol. The van der Waals surface area contributed by atoms with Crippen molar-refractivity contribution in [2.45, 2.75) is 52.4 Å². The fourth-order valence-corrected chi connectivity index (χ4v) is 12.5. The summed E-state index contributed by atoms with van der Waals surface area (Å²) in [6.45, 7) is 5.12. The lowest BCUT2D eigenvalue weighted by molar-refractivity contribution is 0.347. The van der Waals surface area contributed by atoms with Gasteiger partial charge < -0.3 is 62.3 Å². The minimum atomic E-state index is -0.653. The molecule has 1 saturated heterocycles. The van der Waals surface area contributed by atoms with Crippen molar-refractivity contribution in [3.8, 4) is 0 Å². The Morgan fingerprint density at radius 3 is 0.347 bits per heavy atom. The predicted octanol–water partition coefficient (Wildman–Crippen LogP) is 5.22. The maximum atomic E-state index is 5.35. The van der Waals surface area contributed by atoms with E-state index in [1.165, 1.54) is 44.5 Å². The topological polar surface area (TPSA) is 245 Å². The third kappa shape index (κ3) is 37.9. The summed E-state index contributed by atoms with van der Waals surface area (Å²) in [6.07, 6.45) is 0. The smallest absolute Gasteiger partial charge is 0.286 e. The maximum Gasteiger partial charge on any atom is 0.286 e. The zero-order valence-corrected chi connectivity index (χ0v) is 47.5. The van der Waals surface area contributed by atoms with E-state index in [4.69, 9.17) is 62.3 Å². The van der Waals surface area contributed by atoms with E-state index >= 15 is 0 Å². The molecule has 8 aromatic carbocycles. The molecule has 0 amide bonds. The van der Waals surface area contributed by atoms with Crippen LogP contribution in [0.1, 0.15) is 44.5 Å². The van der Waals surface area contributed by atoms with Crippen molar-refractivity contribution < 1.29 is 16.5 Å². The van der Waals surface area contributed by atoms with Crippen LogP contribution in [0.15, 0.2) is 243 Å². The second kappa shape index (κ2) is 48.8. The Balaban J connectivity index is 0.000000405. The molecule has 8 aromatic rings. The first-order chi connectivity index (χ1) is 35.5. The molecule has 0 bridgehead atoms. The molecule has 0 unspecified atom stereocenters. The molecule has 0 atom stereocenters. The highest BCUT2D eigenvalue weighted by atomic mass is 28.4. The largest absolute Gasteiger partial charge is 0.425 e. The average Bonchev–Trinajstić information content (AvgIpc) is 3.48. The molecule has 0 aliphatic carbocycles. The van der Waals surface area contributed by atoms with Gasteiger partial charge in [-0.15, -0.1) is 0 Å². The highest BCUT2D eigenvalue weighted by molar-refractivity contribution is 6.50. The molecular weight excluding hydrogens is 961 g/mol. The fraction of sp³-hybridized carbons (Fsp3) is 0.143. The van der Waals surface area contributed by atoms with Crippen molar-refractivity contribution in [3.05, 3.63) is 287 Å². The van der Waals surface area contributed by atoms with Gasteiger partial charge in [-0.25, -0.2) is 0 Å². The molecule has 1 heterocycles. The third-order valence-corrected chi connectivity index (χ3v) is 14.6. The summed E-state index contributed by atoms with van der Waals surface area (Å²) in [4.78, 5) is 0. The number of nitrogens with two attached hydrogens (primary N) is 8. The van der Waals surface area contributed by atoms with Gasteiger partial charge in [0.05, 0.1) is 0 Å². The quantitative estimate of drug-likeness (QED) is 0.0914. The van der Waals surface area contributed by atoms with Gasteiger partial charge in [-0.2, -0.15) is 0 Å². The van der Waals surface area contributed by atoms with Crippen LogP contribution in [0.2, 0.25) is 0 Å². The highest BCUT2D eigenvalue weighted by Gasteiger charge is 1.97. The molecule has 9 rings (SSSR count). The molecule has 0 aromatic heterocycles. The van der Waals surface area contributed by atoms with Gasteiger partial charge in [0.15, 0.2) is 0 Å². The van der Waals surface area contributed by atoms with Crippen LogP contribution in [0.3, 0.4) is 0 Å². The lowest BCUT2D eigenvalue weighted by Crippen LogP contribution is -2.23. The minimum absolute atomic E-state index is 0.640. The number of hydrogen-bond acceptors (Lipinski definition) is 12. The van der Waals surface area contributed by atoms with Crippen LogP contribution in [0.25, 0.3) is 0 Å². The van der Waals surface area contributed by atoms with Crippen LogP contribution in [-0.2, 0) is 68.8 Å². The second-order valence-corrected chi connectivity index (χ2v) is 22.3. The van der Waals surface area contributed by atoms with E-state index in [1.54, 1.807) is 0 Å². The number of hydrogen-bond donors (Lipinski definition) is 8. The lowest BCUT2D eigenvalue weighted by atomic mass is 10.2. The molecule has 12 nitrogen and oxygen atoms in total. The Morgan fingerprint density at radius 1 is 0.181 bits per heavy atom. The van der Waals surface area contributed by atoms with Gasteiger partial charge in [-0.05, 0) is 44.5 Å². The van der Waals surface area contributed by atoms with Crippen molar-refractivity contribution >= 4 is 40.0 Å².